The first-order chi connectivity index (χ1) is 7.48. The first-order valence-corrected chi connectivity index (χ1v) is 5.33. The third-order valence-corrected chi connectivity index (χ3v) is 3.09. The SMILES string of the molecule is Cn1nnnc1N1CCC(C(C)(F)F)CC1. The number of aryl methyl sites for hydroxylation is 1. The van der Waals surface area contributed by atoms with Crippen molar-refractivity contribution in [3.8, 4) is 0 Å². The zero-order valence-electron chi connectivity index (χ0n) is 9.40. The van der Waals surface area contributed by atoms with E-state index >= 15 is 0 Å². The van der Waals surface area contributed by atoms with Crippen LogP contribution in [0.5, 0.6) is 0 Å². The van der Waals surface area contributed by atoms with Gasteiger partial charge in [-0.3, -0.25) is 0 Å². The minimum atomic E-state index is -2.58. The molecule has 1 fully saturated rings. The van der Waals surface area contributed by atoms with Crippen LogP contribution in [0.25, 0.3) is 0 Å². The average Bonchev–Trinajstić information content (AvgIpc) is 2.63. The number of rotatable bonds is 2. The van der Waals surface area contributed by atoms with Gasteiger partial charge in [-0.15, -0.1) is 0 Å². The average molecular weight is 231 g/mol. The Morgan fingerprint density at radius 1 is 1.31 bits per heavy atom. The van der Waals surface area contributed by atoms with Gasteiger partial charge in [0.1, 0.15) is 0 Å². The molecule has 7 heteroatoms. The summed E-state index contributed by atoms with van der Waals surface area (Å²) in [6, 6.07) is 0. The number of anilines is 1. The van der Waals surface area contributed by atoms with Gasteiger partial charge in [-0.1, -0.05) is 5.10 Å². The molecule has 0 atom stereocenters. The minimum Gasteiger partial charge on any atom is -0.340 e. The zero-order chi connectivity index (χ0) is 11.8. The highest BCUT2D eigenvalue weighted by molar-refractivity contribution is 5.28. The van der Waals surface area contributed by atoms with E-state index in [4.69, 9.17) is 0 Å². The zero-order valence-corrected chi connectivity index (χ0v) is 9.40. The third-order valence-electron chi connectivity index (χ3n) is 3.09. The van der Waals surface area contributed by atoms with Crippen LogP contribution in [0, 0.1) is 5.92 Å². The Hall–Kier alpha value is -1.27. The van der Waals surface area contributed by atoms with E-state index in [1.807, 2.05) is 4.90 Å². The van der Waals surface area contributed by atoms with Crippen LogP contribution < -0.4 is 4.90 Å². The lowest BCUT2D eigenvalue weighted by Crippen LogP contribution is -2.40. The summed E-state index contributed by atoms with van der Waals surface area (Å²) in [4.78, 5) is 1.95. The number of tetrazole rings is 1. The van der Waals surface area contributed by atoms with Gasteiger partial charge in [-0.25, -0.2) is 13.5 Å². The fourth-order valence-corrected chi connectivity index (χ4v) is 2.08. The van der Waals surface area contributed by atoms with Crippen LogP contribution >= 0.6 is 0 Å². The Morgan fingerprint density at radius 2 is 1.94 bits per heavy atom. The van der Waals surface area contributed by atoms with E-state index in [9.17, 15) is 8.78 Å². The minimum absolute atomic E-state index is 0.482. The third kappa shape index (κ3) is 2.12. The van der Waals surface area contributed by atoms with Gasteiger partial charge in [-0.05, 0) is 30.2 Å². The lowest BCUT2D eigenvalue weighted by molar-refractivity contribution is -0.0482. The van der Waals surface area contributed by atoms with Crippen LogP contribution in [0.4, 0.5) is 14.7 Å². The van der Waals surface area contributed by atoms with Crippen LogP contribution in [-0.2, 0) is 7.05 Å². The van der Waals surface area contributed by atoms with E-state index in [0.717, 1.165) is 6.92 Å². The van der Waals surface area contributed by atoms with Crippen molar-refractivity contribution in [2.24, 2.45) is 13.0 Å². The van der Waals surface area contributed by atoms with Crippen molar-refractivity contribution < 1.29 is 8.78 Å². The molecular weight excluding hydrogens is 216 g/mol. The predicted octanol–water partition coefficient (Wildman–Crippen LogP) is 1.08. The molecule has 16 heavy (non-hydrogen) atoms. The Labute approximate surface area is 92.4 Å². The molecule has 0 radical (unpaired) electrons. The van der Waals surface area contributed by atoms with E-state index in [2.05, 4.69) is 15.5 Å². The summed E-state index contributed by atoms with van der Waals surface area (Å²) in [6.07, 6.45) is 0.965. The van der Waals surface area contributed by atoms with Gasteiger partial charge < -0.3 is 4.90 Å². The fourth-order valence-electron chi connectivity index (χ4n) is 2.08. The maximum absolute atomic E-state index is 13.1. The molecule has 2 heterocycles. The van der Waals surface area contributed by atoms with E-state index in [1.54, 1.807) is 11.7 Å². The molecule has 2 rings (SSSR count). The van der Waals surface area contributed by atoms with Crippen molar-refractivity contribution in [3.63, 3.8) is 0 Å². The van der Waals surface area contributed by atoms with Gasteiger partial charge >= 0.3 is 0 Å². The highest BCUT2D eigenvalue weighted by Crippen LogP contribution is 2.33. The summed E-state index contributed by atoms with van der Waals surface area (Å²) >= 11 is 0. The highest BCUT2D eigenvalue weighted by atomic mass is 19.3. The molecule has 0 spiro atoms. The van der Waals surface area contributed by atoms with Crippen molar-refractivity contribution in [2.75, 3.05) is 18.0 Å². The largest absolute Gasteiger partial charge is 0.340 e. The van der Waals surface area contributed by atoms with Crippen molar-refractivity contribution >= 4 is 5.95 Å². The second-order valence-corrected chi connectivity index (χ2v) is 4.32. The molecule has 0 saturated carbocycles. The number of piperidine rings is 1. The molecule has 5 nitrogen and oxygen atoms in total. The first kappa shape index (κ1) is 11.2. The summed E-state index contributed by atoms with van der Waals surface area (Å²) in [5, 5.41) is 11.1. The van der Waals surface area contributed by atoms with Gasteiger partial charge in [-0.2, -0.15) is 0 Å². The summed E-state index contributed by atoms with van der Waals surface area (Å²) < 4.78 is 27.7. The molecule has 0 unspecified atom stereocenters. The maximum Gasteiger partial charge on any atom is 0.248 e. The standard InChI is InChI=1S/C9H15F2N5/c1-9(10,11)7-3-5-16(6-4-7)8-12-13-14-15(8)2/h7H,3-6H2,1-2H3. The van der Waals surface area contributed by atoms with E-state index < -0.39 is 11.8 Å². The quantitative estimate of drug-likeness (QED) is 0.764. The fraction of sp³-hybridized carbons (Fsp3) is 0.889. The predicted molar refractivity (Wildman–Crippen MR) is 54.4 cm³/mol. The van der Waals surface area contributed by atoms with E-state index in [1.165, 1.54) is 0 Å². The van der Waals surface area contributed by atoms with Crippen molar-refractivity contribution in [1.29, 1.82) is 0 Å². The van der Waals surface area contributed by atoms with Crippen LogP contribution in [0.1, 0.15) is 19.8 Å². The number of alkyl halides is 2. The molecule has 1 aliphatic heterocycles. The molecule has 1 aromatic rings. The molecule has 90 valence electrons. The topological polar surface area (TPSA) is 46.8 Å². The summed E-state index contributed by atoms with van der Waals surface area (Å²) in [5.41, 5.74) is 0. The lowest BCUT2D eigenvalue weighted by atomic mass is 9.91. The Morgan fingerprint density at radius 3 is 2.38 bits per heavy atom. The molecule has 1 aliphatic rings. The maximum atomic E-state index is 13.1. The monoisotopic (exact) mass is 231 g/mol. The number of nitrogens with zero attached hydrogens (tertiary/aromatic N) is 5. The highest BCUT2D eigenvalue weighted by Gasteiger charge is 2.36. The van der Waals surface area contributed by atoms with Crippen LogP contribution in [-0.4, -0.2) is 39.2 Å². The lowest BCUT2D eigenvalue weighted by Gasteiger charge is -2.34. The first-order valence-electron chi connectivity index (χ1n) is 5.33. The number of hydrogen-bond acceptors (Lipinski definition) is 4. The van der Waals surface area contributed by atoms with E-state index in [0.29, 0.717) is 31.9 Å². The molecule has 0 aromatic carbocycles. The summed E-state index contributed by atoms with van der Waals surface area (Å²) in [5.74, 6) is -2.45. The normalized spacial score (nSPS) is 19.1. The number of hydrogen-bond donors (Lipinski definition) is 0. The summed E-state index contributed by atoms with van der Waals surface area (Å²) in [7, 11) is 1.75. The van der Waals surface area contributed by atoms with Gasteiger partial charge in [0, 0.05) is 26.1 Å². The molecule has 0 amide bonds. The molecule has 0 bridgehead atoms. The smallest absolute Gasteiger partial charge is 0.248 e. The van der Waals surface area contributed by atoms with Crippen molar-refractivity contribution in [2.45, 2.75) is 25.7 Å². The number of aromatic nitrogens is 4. The second-order valence-electron chi connectivity index (χ2n) is 4.32. The Bertz CT molecular complexity index is 351. The molecule has 1 aromatic heterocycles. The van der Waals surface area contributed by atoms with Crippen molar-refractivity contribution in [3.05, 3.63) is 0 Å². The number of halogens is 2. The molecule has 1 saturated heterocycles. The molecule has 0 N–H and O–H groups in total. The van der Waals surface area contributed by atoms with Gasteiger partial charge in [0.05, 0.1) is 0 Å². The van der Waals surface area contributed by atoms with Gasteiger partial charge in [0.15, 0.2) is 0 Å². The van der Waals surface area contributed by atoms with Crippen molar-refractivity contribution in [1.82, 2.24) is 20.2 Å². The Balaban J connectivity index is 1.98. The van der Waals surface area contributed by atoms with Crippen LogP contribution in [0.2, 0.25) is 0 Å². The van der Waals surface area contributed by atoms with Gasteiger partial charge in [0.2, 0.25) is 11.9 Å². The van der Waals surface area contributed by atoms with Crippen LogP contribution in [0.3, 0.4) is 0 Å². The Kier molecular flexibility index (Phi) is 2.77. The molecular formula is C9H15F2N5. The second kappa shape index (κ2) is 3.95. The van der Waals surface area contributed by atoms with Gasteiger partial charge in [0.25, 0.3) is 0 Å². The van der Waals surface area contributed by atoms with Crippen LogP contribution in [0.15, 0.2) is 0 Å². The summed E-state index contributed by atoms with van der Waals surface area (Å²) in [6.45, 7) is 2.17. The van der Waals surface area contributed by atoms with E-state index in [-0.39, 0.29) is 0 Å². The molecule has 0 aliphatic carbocycles.